The molecule has 0 radical (unpaired) electrons. The highest BCUT2D eigenvalue weighted by Gasteiger charge is 2.11. The first-order valence-electron chi connectivity index (χ1n) is 5.73. The van der Waals surface area contributed by atoms with Gasteiger partial charge in [0.05, 0.1) is 4.92 Å². The molecular weight excluding hydrogens is 284 g/mol. The third-order valence-corrected chi connectivity index (χ3v) is 3.39. The van der Waals surface area contributed by atoms with Crippen LogP contribution < -0.4 is 0 Å². The second kappa shape index (κ2) is 6.71. The number of rotatable bonds is 6. The zero-order valence-corrected chi connectivity index (χ0v) is 11.7. The van der Waals surface area contributed by atoms with E-state index in [2.05, 4.69) is 34.7 Å². The van der Waals surface area contributed by atoms with Crippen LogP contribution in [0.4, 0.5) is 5.69 Å². The van der Waals surface area contributed by atoms with Crippen LogP contribution >= 0.6 is 15.9 Å². The highest BCUT2D eigenvalue weighted by Crippen LogP contribution is 2.23. The van der Waals surface area contributed by atoms with Crippen LogP contribution in [0.1, 0.15) is 25.8 Å². The average Bonchev–Trinajstić information content (AvgIpc) is 2.30. The van der Waals surface area contributed by atoms with Crippen LogP contribution in [0.3, 0.4) is 0 Å². The van der Waals surface area contributed by atoms with Crippen molar-refractivity contribution in [1.82, 2.24) is 4.90 Å². The molecule has 1 aromatic rings. The van der Waals surface area contributed by atoms with Crippen LogP contribution in [-0.2, 0) is 6.54 Å². The normalized spacial score (nSPS) is 10.8. The molecule has 0 bridgehead atoms. The smallest absolute Gasteiger partial charge is 0.269 e. The second-order valence-electron chi connectivity index (χ2n) is 3.90. The van der Waals surface area contributed by atoms with Gasteiger partial charge in [-0.2, -0.15) is 0 Å². The van der Waals surface area contributed by atoms with E-state index in [0.717, 1.165) is 36.1 Å². The third-order valence-electron chi connectivity index (χ3n) is 2.62. The van der Waals surface area contributed by atoms with Gasteiger partial charge in [0.2, 0.25) is 0 Å². The molecule has 4 nitrogen and oxygen atoms in total. The molecule has 0 aliphatic carbocycles. The number of nitro benzene ring substituents is 1. The molecule has 0 heterocycles. The van der Waals surface area contributed by atoms with Crippen molar-refractivity contribution in [2.24, 2.45) is 0 Å². The van der Waals surface area contributed by atoms with Crippen molar-refractivity contribution in [3.8, 4) is 0 Å². The van der Waals surface area contributed by atoms with Crippen LogP contribution in [-0.4, -0.2) is 22.9 Å². The van der Waals surface area contributed by atoms with E-state index in [0.29, 0.717) is 0 Å². The van der Waals surface area contributed by atoms with Gasteiger partial charge in [-0.25, -0.2) is 0 Å². The van der Waals surface area contributed by atoms with Crippen LogP contribution in [0.5, 0.6) is 0 Å². The fourth-order valence-corrected chi connectivity index (χ4v) is 2.07. The standard InChI is InChI=1S/C12H17BrN2O2/c1-3-7-14(4-2)9-10-8-11(15(16)17)5-6-12(10)13/h5-6,8H,3-4,7,9H2,1-2H3. The maximum Gasteiger partial charge on any atom is 0.269 e. The van der Waals surface area contributed by atoms with Crippen molar-refractivity contribution in [2.75, 3.05) is 13.1 Å². The lowest BCUT2D eigenvalue weighted by Crippen LogP contribution is -2.23. The van der Waals surface area contributed by atoms with Crippen molar-refractivity contribution in [2.45, 2.75) is 26.8 Å². The summed E-state index contributed by atoms with van der Waals surface area (Å²) in [5, 5.41) is 10.7. The molecule has 0 N–H and O–H groups in total. The first-order valence-corrected chi connectivity index (χ1v) is 6.53. The summed E-state index contributed by atoms with van der Waals surface area (Å²) in [6.07, 6.45) is 1.08. The van der Waals surface area contributed by atoms with Gasteiger partial charge in [0.25, 0.3) is 5.69 Å². The van der Waals surface area contributed by atoms with Gasteiger partial charge in [0, 0.05) is 23.2 Å². The van der Waals surface area contributed by atoms with E-state index in [1.807, 2.05) is 0 Å². The molecule has 0 saturated heterocycles. The number of nitrogens with zero attached hydrogens (tertiary/aromatic N) is 2. The van der Waals surface area contributed by atoms with E-state index >= 15 is 0 Å². The Balaban J connectivity index is 2.88. The van der Waals surface area contributed by atoms with Gasteiger partial charge in [-0.3, -0.25) is 15.0 Å². The minimum atomic E-state index is -0.355. The zero-order chi connectivity index (χ0) is 12.8. The highest BCUT2D eigenvalue weighted by molar-refractivity contribution is 9.10. The molecule has 1 aromatic carbocycles. The van der Waals surface area contributed by atoms with E-state index in [1.165, 1.54) is 6.07 Å². The summed E-state index contributed by atoms with van der Waals surface area (Å²) in [5.41, 5.74) is 1.12. The lowest BCUT2D eigenvalue weighted by Gasteiger charge is -2.20. The number of hydrogen-bond acceptors (Lipinski definition) is 3. The first kappa shape index (κ1) is 14.1. The lowest BCUT2D eigenvalue weighted by atomic mass is 10.2. The number of hydrogen-bond donors (Lipinski definition) is 0. The van der Waals surface area contributed by atoms with E-state index in [4.69, 9.17) is 0 Å². The van der Waals surface area contributed by atoms with E-state index in [9.17, 15) is 10.1 Å². The molecule has 0 aliphatic heterocycles. The molecule has 0 amide bonds. The van der Waals surface area contributed by atoms with Gasteiger partial charge in [0.15, 0.2) is 0 Å². The van der Waals surface area contributed by atoms with Crippen LogP contribution in [0.2, 0.25) is 0 Å². The van der Waals surface area contributed by atoms with Crippen molar-refractivity contribution < 1.29 is 4.92 Å². The topological polar surface area (TPSA) is 46.4 Å². The van der Waals surface area contributed by atoms with E-state index in [-0.39, 0.29) is 10.6 Å². The van der Waals surface area contributed by atoms with Gasteiger partial charge in [-0.05, 0) is 31.1 Å². The molecule has 5 heteroatoms. The number of non-ortho nitro benzene ring substituents is 1. The summed E-state index contributed by atoms with van der Waals surface area (Å²) >= 11 is 3.44. The molecule has 0 aromatic heterocycles. The molecule has 0 atom stereocenters. The summed E-state index contributed by atoms with van der Waals surface area (Å²) in [5.74, 6) is 0. The Bertz CT molecular complexity index is 396. The molecular formula is C12H17BrN2O2. The minimum absolute atomic E-state index is 0.149. The predicted octanol–water partition coefficient (Wildman–Crippen LogP) is 3.59. The van der Waals surface area contributed by atoms with Crippen molar-refractivity contribution >= 4 is 21.6 Å². The van der Waals surface area contributed by atoms with Gasteiger partial charge in [-0.1, -0.05) is 29.8 Å². The van der Waals surface area contributed by atoms with Gasteiger partial charge in [-0.15, -0.1) is 0 Å². The van der Waals surface area contributed by atoms with Gasteiger partial charge < -0.3 is 0 Å². The maximum absolute atomic E-state index is 10.7. The maximum atomic E-state index is 10.7. The molecule has 94 valence electrons. The lowest BCUT2D eigenvalue weighted by molar-refractivity contribution is -0.384. The Hall–Kier alpha value is -0.940. The van der Waals surface area contributed by atoms with Crippen LogP contribution in [0.15, 0.2) is 22.7 Å². The molecule has 0 aliphatic rings. The summed E-state index contributed by atoms with van der Waals surface area (Å²) < 4.78 is 0.928. The Morgan fingerprint density at radius 2 is 2.12 bits per heavy atom. The van der Waals surface area contributed by atoms with Crippen molar-refractivity contribution in [3.05, 3.63) is 38.3 Å². The molecule has 0 unspecified atom stereocenters. The minimum Gasteiger partial charge on any atom is -0.299 e. The SMILES string of the molecule is CCCN(CC)Cc1cc([N+](=O)[O-])ccc1Br. The summed E-state index contributed by atoms with van der Waals surface area (Å²) in [6.45, 7) is 6.92. The Morgan fingerprint density at radius 3 is 2.65 bits per heavy atom. The molecule has 0 spiro atoms. The Labute approximate surface area is 110 Å². The fourth-order valence-electron chi connectivity index (χ4n) is 1.70. The van der Waals surface area contributed by atoms with E-state index < -0.39 is 0 Å². The monoisotopic (exact) mass is 300 g/mol. The Kier molecular flexibility index (Phi) is 5.58. The van der Waals surface area contributed by atoms with Gasteiger partial charge in [0.1, 0.15) is 0 Å². The van der Waals surface area contributed by atoms with E-state index in [1.54, 1.807) is 12.1 Å². The van der Waals surface area contributed by atoms with Crippen molar-refractivity contribution in [3.63, 3.8) is 0 Å². The fraction of sp³-hybridized carbons (Fsp3) is 0.500. The Morgan fingerprint density at radius 1 is 1.41 bits per heavy atom. The summed E-state index contributed by atoms with van der Waals surface area (Å²) in [7, 11) is 0. The summed E-state index contributed by atoms with van der Waals surface area (Å²) in [4.78, 5) is 12.6. The number of nitro groups is 1. The number of halogens is 1. The second-order valence-corrected chi connectivity index (χ2v) is 4.76. The number of benzene rings is 1. The third kappa shape index (κ3) is 4.09. The summed E-state index contributed by atoms with van der Waals surface area (Å²) in [6, 6.07) is 4.90. The zero-order valence-electron chi connectivity index (χ0n) is 10.1. The predicted molar refractivity (Wildman–Crippen MR) is 72.0 cm³/mol. The van der Waals surface area contributed by atoms with Crippen LogP contribution in [0.25, 0.3) is 0 Å². The first-order chi connectivity index (χ1) is 8.08. The van der Waals surface area contributed by atoms with Crippen molar-refractivity contribution in [1.29, 1.82) is 0 Å². The average molecular weight is 301 g/mol. The molecule has 0 fully saturated rings. The highest BCUT2D eigenvalue weighted by atomic mass is 79.9. The van der Waals surface area contributed by atoms with Crippen LogP contribution in [0, 0.1) is 10.1 Å². The molecule has 0 saturated carbocycles. The molecule has 17 heavy (non-hydrogen) atoms. The quantitative estimate of drug-likeness (QED) is 0.596. The largest absolute Gasteiger partial charge is 0.299 e. The van der Waals surface area contributed by atoms with Gasteiger partial charge >= 0.3 is 0 Å². The molecule has 1 rings (SSSR count).